The second-order valence-corrected chi connectivity index (χ2v) is 13.2. The van der Waals surface area contributed by atoms with Crippen molar-refractivity contribution in [2.45, 2.75) is 20.0 Å². The van der Waals surface area contributed by atoms with Crippen LogP contribution in [0.15, 0.2) is 79.0 Å². The second-order valence-electron chi connectivity index (χ2n) is 8.92. The number of aryl methyl sites for hydroxylation is 2. The van der Waals surface area contributed by atoms with Gasteiger partial charge in [0.1, 0.15) is 15.1 Å². The summed E-state index contributed by atoms with van der Waals surface area (Å²) in [6.07, 6.45) is 2.17. The summed E-state index contributed by atoms with van der Waals surface area (Å²) < 4.78 is 2.24. The molecule has 150 valence electrons. The minimum absolute atomic E-state index is 0.738. The number of nitrogens with zero attached hydrogens (tertiary/aromatic N) is 2. The molecule has 1 aromatic heterocycles. The van der Waals surface area contributed by atoms with Gasteiger partial charge in [-0.2, -0.15) is 0 Å². The summed E-state index contributed by atoms with van der Waals surface area (Å²) >= 11 is 0. The second kappa shape index (κ2) is 7.04. The molecule has 0 atom stereocenters. The van der Waals surface area contributed by atoms with Gasteiger partial charge in [-0.25, -0.2) is 9.41 Å². The predicted octanol–water partition coefficient (Wildman–Crippen LogP) is 5.51. The molecule has 1 aliphatic rings. The lowest BCUT2D eigenvalue weighted by atomic mass is 9.96. The number of hydrogen-bond donors (Lipinski definition) is 0. The van der Waals surface area contributed by atoms with Gasteiger partial charge in [-0.1, -0.05) is 78.9 Å². The Bertz CT molecular complexity index is 1380. The molecule has 0 amide bonds. The van der Waals surface area contributed by atoms with Crippen LogP contribution in [0.3, 0.4) is 0 Å². The molecule has 0 saturated heterocycles. The smallest absolute Gasteiger partial charge is 0.213 e. The van der Waals surface area contributed by atoms with Crippen LogP contribution in [0, 0.1) is 13.5 Å². The van der Waals surface area contributed by atoms with Crippen molar-refractivity contribution >= 4 is 24.1 Å². The van der Waals surface area contributed by atoms with Gasteiger partial charge in [-0.15, -0.1) is 0 Å². The van der Waals surface area contributed by atoms with Crippen LogP contribution in [-0.4, -0.2) is 8.07 Å². The zero-order valence-electron chi connectivity index (χ0n) is 18.4. The first-order chi connectivity index (χ1) is 14.9. The molecular formula is C28H25N2Si+. The van der Waals surface area contributed by atoms with Crippen molar-refractivity contribution in [2.24, 2.45) is 7.05 Å². The summed E-state index contributed by atoms with van der Waals surface area (Å²) in [6.45, 7) is 14.6. The third kappa shape index (κ3) is 2.95. The molecule has 0 unspecified atom stereocenters. The highest BCUT2D eigenvalue weighted by Crippen LogP contribution is 2.36. The molecular weight excluding hydrogens is 392 g/mol. The lowest BCUT2D eigenvalue weighted by Crippen LogP contribution is -2.51. The molecule has 0 saturated carbocycles. The van der Waals surface area contributed by atoms with Crippen LogP contribution in [0.4, 0.5) is 5.69 Å². The summed E-state index contributed by atoms with van der Waals surface area (Å²) in [5.41, 5.74) is 9.76. The van der Waals surface area contributed by atoms with E-state index in [2.05, 4.69) is 109 Å². The van der Waals surface area contributed by atoms with Gasteiger partial charge in [0.25, 0.3) is 0 Å². The summed E-state index contributed by atoms with van der Waals surface area (Å²) in [4.78, 5) is 3.70. The van der Waals surface area contributed by atoms with Gasteiger partial charge in [0.05, 0.1) is 6.57 Å². The zero-order chi connectivity index (χ0) is 21.8. The Hall–Kier alpha value is -3.48. The fourth-order valence-electron chi connectivity index (χ4n) is 5.03. The maximum Gasteiger partial charge on any atom is 0.213 e. The zero-order valence-corrected chi connectivity index (χ0v) is 19.4. The topological polar surface area (TPSA) is 8.24 Å². The molecule has 31 heavy (non-hydrogen) atoms. The highest BCUT2D eigenvalue weighted by molar-refractivity contribution is 7.04. The Balaban J connectivity index is 1.79. The van der Waals surface area contributed by atoms with Gasteiger partial charge in [0.15, 0.2) is 11.9 Å². The summed E-state index contributed by atoms with van der Waals surface area (Å²) in [5.74, 6) is 0. The molecule has 1 aliphatic heterocycles. The molecule has 0 aliphatic carbocycles. The molecule has 0 N–H and O–H groups in total. The minimum Gasteiger partial charge on any atom is -0.238 e. The molecule has 0 bridgehead atoms. The van der Waals surface area contributed by atoms with Crippen LogP contribution in [0.2, 0.25) is 13.1 Å². The Morgan fingerprint density at radius 3 is 2.32 bits per heavy atom. The van der Waals surface area contributed by atoms with E-state index in [0.29, 0.717) is 0 Å². The third-order valence-corrected chi connectivity index (χ3v) is 10.2. The quantitative estimate of drug-likeness (QED) is 0.231. The molecule has 2 nitrogen and oxygen atoms in total. The fraction of sp³-hybridized carbons (Fsp3) is 0.143. The molecule has 2 heterocycles. The number of hydrogen-bond acceptors (Lipinski definition) is 0. The predicted molar refractivity (Wildman–Crippen MR) is 132 cm³/mol. The molecule has 3 aromatic carbocycles. The standard InChI is InChI=1S/C28H25N2Si/c1-19-11-13-24-23-14-12-22(29-2)18-26(23)31(4,5)28(24)27(19)25-17-21(15-16-30(25)3)20-9-7-6-8-10-20/h6-18H,1,3-5H3/q+1. The van der Waals surface area contributed by atoms with Crippen LogP contribution < -0.4 is 14.9 Å². The summed E-state index contributed by atoms with van der Waals surface area (Å²) in [7, 11) is 0.171. The van der Waals surface area contributed by atoms with E-state index in [-0.39, 0.29) is 0 Å². The molecule has 0 spiro atoms. The van der Waals surface area contributed by atoms with Gasteiger partial charge in [-0.3, -0.25) is 0 Å². The average molecular weight is 418 g/mol. The van der Waals surface area contributed by atoms with E-state index in [9.17, 15) is 0 Å². The number of benzene rings is 3. The van der Waals surface area contributed by atoms with Gasteiger partial charge in [-0.05, 0) is 39.9 Å². The highest BCUT2D eigenvalue weighted by Gasteiger charge is 2.41. The van der Waals surface area contributed by atoms with Crippen molar-refractivity contribution < 1.29 is 4.57 Å². The Morgan fingerprint density at radius 1 is 0.839 bits per heavy atom. The Morgan fingerprint density at radius 2 is 1.58 bits per heavy atom. The number of aromatic nitrogens is 1. The van der Waals surface area contributed by atoms with Crippen molar-refractivity contribution in [3.63, 3.8) is 0 Å². The maximum atomic E-state index is 7.48. The first-order valence-electron chi connectivity index (χ1n) is 10.6. The van der Waals surface area contributed by atoms with E-state index < -0.39 is 8.07 Å². The number of rotatable bonds is 2. The maximum absolute atomic E-state index is 7.48. The highest BCUT2D eigenvalue weighted by atomic mass is 28.3. The normalized spacial score (nSPS) is 13.4. The van der Waals surface area contributed by atoms with E-state index >= 15 is 0 Å². The molecule has 4 aromatic rings. The number of pyridine rings is 1. The van der Waals surface area contributed by atoms with Crippen molar-refractivity contribution in [1.82, 2.24) is 0 Å². The molecule has 5 rings (SSSR count). The first-order valence-corrected chi connectivity index (χ1v) is 13.6. The number of fused-ring (bicyclic) bond motifs is 3. The van der Waals surface area contributed by atoms with Crippen LogP contribution in [-0.2, 0) is 7.05 Å². The van der Waals surface area contributed by atoms with Crippen LogP contribution >= 0.6 is 0 Å². The van der Waals surface area contributed by atoms with E-state index in [1.165, 1.54) is 49.4 Å². The third-order valence-electron chi connectivity index (χ3n) is 6.65. The Kier molecular flexibility index (Phi) is 4.42. The van der Waals surface area contributed by atoms with Crippen molar-refractivity contribution in [1.29, 1.82) is 0 Å². The van der Waals surface area contributed by atoms with Crippen LogP contribution in [0.1, 0.15) is 5.56 Å². The largest absolute Gasteiger partial charge is 0.238 e. The average Bonchev–Trinajstić information content (AvgIpc) is 3.01. The SMILES string of the molecule is [C-]#[N+]c1ccc2c(c1)[Si](C)(C)c1c-2ccc(C)c1-c1cc(-c2ccccc2)cc[n+]1C. The monoisotopic (exact) mass is 417 g/mol. The summed E-state index contributed by atoms with van der Waals surface area (Å²) in [6, 6.07) is 25.9. The van der Waals surface area contributed by atoms with Gasteiger partial charge in [0.2, 0.25) is 5.69 Å². The molecule has 0 fully saturated rings. The van der Waals surface area contributed by atoms with Gasteiger partial charge < -0.3 is 0 Å². The molecule has 0 radical (unpaired) electrons. The summed E-state index contributed by atoms with van der Waals surface area (Å²) in [5, 5.41) is 2.87. The van der Waals surface area contributed by atoms with Crippen molar-refractivity contribution in [3.8, 4) is 33.5 Å². The molecule has 3 heteroatoms. The fourth-order valence-corrected chi connectivity index (χ4v) is 8.54. The first kappa shape index (κ1) is 19.5. The van der Waals surface area contributed by atoms with Crippen molar-refractivity contribution in [3.05, 3.63) is 96.0 Å². The van der Waals surface area contributed by atoms with Crippen LogP contribution in [0.25, 0.3) is 38.4 Å². The lowest BCUT2D eigenvalue weighted by Gasteiger charge is -2.23. The minimum atomic E-state index is -1.96. The van der Waals surface area contributed by atoms with E-state index in [4.69, 9.17) is 6.57 Å². The van der Waals surface area contributed by atoms with Gasteiger partial charge >= 0.3 is 0 Å². The van der Waals surface area contributed by atoms with E-state index in [1.807, 2.05) is 6.07 Å². The van der Waals surface area contributed by atoms with Crippen molar-refractivity contribution in [2.75, 3.05) is 0 Å². The van der Waals surface area contributed by atoms with E-state index in [0.717, 1.165) is 5.69 Å². The Labute approximate surface area is 185 Å². The van der Waals surface area contributed by atoms with Gasteiger partial charge in [0, 0.05) is 17.7 Å². The lowest BCUT2D eigenvalue weighted by molar-refractivity contribution is -0.660. The van der Waals surface area contributed by atoms with Crippen LogP contribution in [0.5, 0.6) is 0 Å². The van der Waals surface area contributed by atoms with E-state index in [1.54, 1.807) is 0 Å².